The van der Waals surface area contributed by atoms with E-state index in [1.54, 1.807) is 0 Å². The lowest BCUT2D eigenvalue weighted by Gasteiger charge is -2.22. The molecule has 1 nitrogen and oxygen atoms in total. The summed E-state index contributed by atoms with van der Waals surface area (Å²) < 4.78 is 1.14. The van der Waals surface area contributed by atoms with Crippen molar-refractivity contribution in [1.29, 1.82) is 0 Å². The first-order valence-corrected chi connectivity index (χ1v) is 6.36. The molecule has 1 N–H and O–H groups in total. The number of benzene rings is 1. The van der Waals surface area contributed by atoms with Crippen LogP contribution in [0.15, 0.2) is 22.7 Å². The predicted octanol–water partition coefficient (Wildman–Crippen LogP) is 4.60. The molecule has 0 aliphatic rings. The predicted molar refractivity (Wildman–Crippen MR) is 71.4 cm³/mol. The highest BCUT2D eigenvalue weighted by Crippen LogP contribution is 2.21. The van der Waals surface area contributed by atoms with Gasteiger partial charge in [0, 0.05) is 16.2 Å². The zero-order valence-corrected chi connectivity index (χ0v) is 11.6. The molecule has 0 amide bonds. The summed E-state index contributed by atoms with van der Waals surface area (Å²) in [5, 5.41) is 3.58. The maximum absolute atomic E-state index is 3.58. The average molecular weight is 270 g/mol. The molecule has 0 radical (unpaired) electrons. The van der Waals surface area contributed by atoms with Crippen LogP contribution in [0.25, 0.3) is 0 Å². The van der Waals surface area contributed by atoms with Crippen LogP contribution >= 0.6 is 15.9 Å². The normalized spacial score (nSPS) is 12.9. The van der Waals surface area contributed by atoms with E-state index in [4.69, 9.17) is 0 Å². The van der Waals surface area contributed by atoms with Gasteiger partial charge in [0.1, 0.15) is 0 Å². The van der Waals surface area contributed by atoms with E-state index in [1.807, 2.05) is 0 Å². The number of halogens is 1. The molecule has 0 aliphatic heterocycles. The molecule has 1 aromatic carbocycles. The molecule has 0 bridgehead atoms. The van der Waals surface area contributed by atoms with Gasteiger partial charge >= 0.3 is 0 Å². The molecule has 1 rings (SSSR count). The van der Waals surface area contributed by atoms with Crippen LogP contribution in [0.5, 0.6) is 0 Å². The van der Waals surface area contributed by atoms with Gasteiger partial charge in [0.15, 0.2) is 0 Å². The van der Waals surface area contributed by atoms with Crippen molar-refractivity contribution in [3.8, 4) is 0 Å². The molecule has 0 spiro atoms. The average Bonchev–Trinajstić information content (AvgIpc) is 2.12. The summed E-state index contributed by atoms with van der Waals surface area (Å²) in [5.41, 5.74) is 2.49. The second-order valence-electron chi connectivity index (χ2n) is 4.42. The first kappa shape index (κ1) is 12.6. The van der Waals surface area contributed by atoms with Crippen LogP contribution in [0.3, 0.4) is 0 Å². The number of nitrogens with one attached hydrogen (secondary N) is 1. The van der Waals surface area contributed by atoms with Crippen LogP contribution in [0.2, 0.25) is 0 Å². The minimum atomic E-state index is 0.554. The van der Waals surface area contributed by atoms with Crippen molar-refractivity contribution in [2.75, 3.05) is 5.32 Å². The Balaban J connectivity index is 2.79. The Morgan fingerprint density at radius 1 is 1.27 bits per heavy atom. The van der Waals surface area contributed by atoms with Gasteiger partial charge in [-0.25, -0.2) is 0 Å². The minimum absolute atomic E-state index is 0.554. The lowest BCUT2D eigenvalue weighted by atomic mass is 10.0. The smallest absolute Gasteiger partial charge is 0.0356 e. The molecule has 0 saturated carbocycles. The highest BCUT2D eigenvalue weighted by atomic mass is 79.9. The van der Waals surface area contributed by atoms with Gasteiger partial charge in [-0.15, -0.1) is 0 Å². The van der Waals surface area contributed by atoms with Crippen LogP contribution in [0.4, 0.5) is 5.69 Å². The summed E-state index contributed by atoms with van der Waals surface area (Å²) in [7, 11) is 0. The fraction of sp³-hybridized carbons (Fsp3) is 0.538. The third-order valence-corrected chi connectivity index (χ3v) is 3.10. The van der Waals surface area contributed by atoms with E-state index in [0.29, 0.717) is 12.0 Å². The first-order valence-electron chi connectivity index (χ1n) is 5.56. The highest BCUT2D eigenvalue weighted by molar-refractivity contribution is 9.10. The largest absolute Gasteiger partial charge is 0.382 e. The summed E-state index contributed by atoms with van der Waals surface area (Å²) in [4.78, 5) is 0. The zero-order chi connectivity index (χ0) is 11.4. The molecule has 84 valence electrons. The maximum atomic E-state index is 3.58. The van der Waals surface area contributed by atoms with Crippen molar-refractivity contribution in [2.45, 2.75) is 40.2 Å². The second-order valence-corrected chi connectivity index (χ2v) is 5.34. The van der Waals surface area contributed by atoms with E-state index < -0.39 is 0 Å². The fourth-order valence-electron chi connectivity index (χ4n) is 1.77. The summed E-state index contributed by atoms with van der Waals surface area (Å²) in [6, 6.07) is 7.01. The van der Waals surface area contributed by atoms with Gasteiger partial charge in [-0.3, -0.25) is 0 Å². The molecular weight excluding hydrogens is 250 g/mol. The summed E-state index contributed by atoms with van der Waals surface area (Å²) in [5.74, 6) is 0.661. The molecule has 1 aromatic rings. The van der Waals surface area contributed by atoms with Crippen molar-refractivity contribution in [1.82, 2.24) is 0 Å². The van der Waals surface area contributed by atoms with Crippen LogP contribution in [0.1, 0.15) is 32.8 Å². The topological polar surface area (TPSA) is 12.0 Å². The SMILES string of the molecule is CCC(Nc1cc(C)cc(Br)c1)C(C)C. The van der Waals surface area contributed by atoms with Crippen molar-refractivity contribution < 1.29 is 0 Å². The van der Waals surface area contributed by atoms with Crippen molar-refractivity contribution in [2.24, 2.45) is 5.92 Å². The van der Waals surface area contributed by atoms with Gasteiger partial charge < -0.3 is 5.32 Å². The molecule has 0 saturated heterocycles. The van der Waals surface area contributed by atoms with Gasteiger partial charge in [-0.2, -0.15) is 0 Å². The number of rotatable bonds is 4. The van der Waals surface area contributed by atoms with E-state index in [-0.39, 0.29) is 0 Å². The summed E-state index contributed by atoms with van der Waals surface area (Å²) in [6.07, 6.45) is 1.16. The first-order chi connectivity index (χ1) is 7.02. The summed E-state index contributed by atoms with van der Waals surface area (Å²) in [6.45, 7) is 8.85. The van der Waals surface area contributed by atoms with E-state index in [2.05, 4.69) is 67.1 Å². The minimum Gasteiger partial charge on any atom is -0.382 e. The number of anilines is 1. The Kier molecular flexibility index (Phi) is 4.65. The Bertz CT molecular complexity index is 300. The molecule has 0 fully saturated rings. The van der Waals surface area contributed by atoms with Gasteiger partial charge in [0.05, 0.1) is 0 Å². The van der Waals surface area contributed by atoms with Gasteiger partial charge in [0.25, 0.3) is 0 Å². The fourth-order valence-corrected chi connectivity index (χ4v) is 2.38. The molecule has 1 unspecified atom stereocenters. The quantitative estimate of drug-likeness (QED) is 0.842. The molecule has 0 aromatic heterocycles. The van der Waals surface area contributed by atoms with E-state index >= 15 is 0 Å². The number of hydrogen-bond acceptors (Lipinski definition) is 1. The molecular formula is C13H20BrN. The standard InChI is InChI=1S/C13H20BrN/c1-5-13(9(2)3)15-12-7-10(4)6-11(14)8-12/h6-9,13,15H,5H2,1-4H3. The van der Waals surface area contributed by atoms with Crippen molar-refractivity contribution in [3.63, 3.8) is 0 Å². The molecule has 0 heterocycles. The van der Waals surface area contributed by atoms with Gasteiger partial charge in [-0.05, 0) is 43.0 Å². The van der Waals surface area contributed by atoms with Crippen LogP contribution in [-0.2, 0) is 0 Å². The molecule has 0 aliphatic carbocycles. The van der Waals surface area contributed by atoms with Crippen LogP contribution < -0.4 is 5.32 Å². The second kappa shape index (κ2) is 5.55. The lowest BCUT2D eigenvalue weighted by molar-refractivity contribution is 0.511. The zero-order valence-electron chi connectivity index (χ0n) is 9.97. The van der Waals surface area contributed by atoms with Crippen LogP contribution in [0, 0.1) is 12.8 Å². The van der Waals surface area contributed by atoms with E-state index in [0.717, 1.165) is 10.9 Å². The monoisotopic (exact) mass is 269 g/mol. The molecule has 1 atom stereocenters. The Morgan fingerprint density at radius 2 is 1.93 bits per heavy atom. The maximum Gasteiger partial charge on any atom is 0.0356 e. The Labute approximate surface area is 101 Å². The summed E-state index contributed by atoms with van der Waals surface area (Å²) >= 11 is 3.52. The highest BCUT2D eigenvalue weighted by Gasteiger charge is 2.10. The lowest BCUT2D eigenvalue weighted by Crippen LogP contribution is -2.24. The Morgan fingerprint density at radius 3 is 2.40 bits per heavy atom. The third-order valence-electron chi connectivity index (χ3n) is 2.64. The number of aryl methyl sites for hydroxylation is 1. The van der Waals surface area contributed by atoms with E-state index in [9.17, 15) is 0 Å². The van der Waals surface area contributed by atoms with Gasteiger partial charge in [-0.1, -0.05) is 36.7 Å². The van der Waals surface area contributed by atoms with Crippen molar-refractivity contribution >= 4 is 21.6 Å². The molecule has 15 heavy (non-hydrogen) atoms. The van der Waals surface area contributed by atoms with E-state index in [1.165, 1.54) is 11.3 Å². The van der Waals surface area contributed by atoms with Crippen LogP contribution in [-0.4, -0.2) is 6.04 Å². The Hall–Kier alpha value is -0.500. The molecule has 2 heteroatoms. The van der Waals surface area contributed by atoms with Crippen molar-refractivity contribution in [3.05, 3.63) is 28.2 Å². The third kappa shape index (κ3) is 3.86. The number of hydrogen-bond donors (Lipinski definition) is 1. The van der Waals surface area contributed by atoms with Gasteiger partial charge in [0.2, 0.25) is 0 Å².